The fraction of sp³-hybridized carbons (Fsp3) is 0.667. The lowest BCUT2D eigenvalue weighted by Gasteiger charge is -2.28. The minimum Gasteiger partial charge on any atom is -0.454 e. The second-order valence-corrected chi connectivity index (χ2v) is 5.44. The molecule has 2 nitrogen and oxygen atoms in total. The highest BCUT2D eigenvalue weighted by Gasteiger charge is 2.31. The molecule has 1 fully saturated rings. The summed E-state index contributed by atoms with van der Waals surface area (Å²) in [4.78, 5) is 0. The van der Waals surface area contributed by atoms with Crippen LogP contribution < -0.4 is 5.32 Å². The molecule has 0 spiro atoms. The third kappa shape index (κ3) is 1.76. The summed E-state index contributed by atoms with van der Waals surface area (Å²) in [7, 11) is 0. The molecule has 0 amide bonds. The van der Waals surface area contributed by atoms with Crippen LogP contribution >= 0.6 is 15.9 Å². The topological polar surface area (TPSA) is 25.2 Å². The SMILES string of the molecule is Brc1cc2c(o1)CCNC2C1CCCC1. The zero-order valence-electron chi connectivity index (χ0n) is 8.76. The molecule has 3 heteroatoms. The molecule has 1 aromatic rings. The number of fused-ring (bicyclic) bond motifs is 1. The molecule has 1 N–H and O–H groups in total. The Hall–Kier alpha value is -0.280. The lowest BCUT2D eigenvalue weighted by molar-refractivity contribution is 0.335. The first-order valence-electron chi connectivity index (χ1n) is 5.86. The fourth-order valence-electron chi connectivity index (χ4n) is 3.03. The van der Waals surface area contributed by atoms with Gasteiger partial charge in [0.25, 0.3) is 0 Å². The molecule has 2 heterocycles. The fourth-order valence-corrected chi connectivity index (χ4v) is 3.47. The van der Waals surface area contributed by atoms with E-state index in [1.54, 1.807) is 0 Å². The van der Waals surface area contributed by atoms with E-state index in [1.807, 2.05) is 0 Å². The number of rotatable bonds is 1. The highest BCUT2D eigenvalue weighted by Crippen LogP contribution is 2.40. The largest absolute Gasteiger partial charge is 0.454 e. The van der Waals surface area contributed by atoms with Gasteiger partial charge in [0, 0.05) is 24.6 Å². The van der Waals surface area contributed by atoms with Gasteiger partial charge in [0.2, 0.25) is 0 Å². The molecule has 0 bridgehead atoms. The first-order valence-corrected chi connectivity index (χ1v) is 6.65. The van der Waals surface area contributed by atoms with Crippen LogP contribution in [0.1, 0.15) is 43.0 Å². The molecular formula is C12H16BrNO. The molecule has 0 aromatic carbocycles. The molecule has 82 valence electrons. The normalized spacial score (nSPS) is 26.9. The van der Waals surface area contributed by atoms with Gasteiger partial charge in [-0.3, -0.25) is 0 Å². The lowest BCUT2D eigenvalue weighted by atomic mass is 9.89. The predicted octanol–water partition coefficient (Wildman–Crippen LogP) is 3.42. The van der Waals surface area contributed by atoms with Gasteiger partial charge in [0.15, 0.2) is 4.67 Å². The zero-order chi connectivity index (χ0) is 10.3. The van der Waals surface area contributed by atoms with Gasteiger partial charge >= 0.3 is 0 Å². The van der Waals surface area contributed by atoms with Crippen LogP contribution in [-0.2, 0) is 6.42 Å². The molecule has 15 heavy (non-hydrogen) atoms. The van der Waals surface area contributed by atoms with E-state index in [2.05, 4.69) is 27.3 Å². The average molecular weight is 270 g/mol. The van der Waals surface area contributed by atoms with E-state index in [4.69, 9.17) is 4.42 Å². The van der Waals surface area contributed by atoms with E-state index in [0.717, 1.165) is 23.6 Å². The van der Waals surface area contributed by atoms with Crippen LogP contribution in [0, 0.1) is 5.92 Å². The molecule has 1 aromatic heterocycles. The van der Waals surface area contributed by atoms with Crippen LogP contribution in [0.25, 0.3) is 0 Å². The average Bonchev–Trinajstić information content (AvgIpc) is 2.82. The molecule has 0 radical (unpaired) electrons. The molecule has 1 saturated carbocycles. The van der Waals surface area contributed by atoms with Crippen molar-refractivity contribution in [1.29, 1.82) is 0 Å². The van der Waals surface area contributed by atoms with Crippen molar-refractivity contribution in [3.63, 3.8) is 0 Å². The smallest absolute Gasteiger partial charge is 0.169 e. The first kappa shape index (κ1) is 9.91. The van der Waals surface area contributed by atoms with Gasteiger partial charge in [-0.25, -0.2) is 0 Å². The second-order valence-electron chi connectivity index (χ2n) is 4.66. The van der Waals surface area contributed by atoms with Crippen LogP contribution in [-0.4, -0.2) is 6.54 Å². The third-order valence-electron chi connectivity index (χ3n) is 3.73. The monoisotopic (exact) mass is 269 g/mol. The summed E-state index contributed by atoms with van der Waals surface area (Å²) in [5, 5.41) is 3.65. The van der Waals surface area contributed by atoms with Crippen molar-refractivity contribution in [3.8, 4) is 0 Å². The lowest BCUT2D eigenvalue weighted by Crippen LogP contribution is -2.33. The van der Waals surface area contributed by atoms with Crippen molar-refractivity contribution < 1.29 is 4.42 Å². The number of furan rings is 1. The molecule has 1 atom stereocenters. The molecule has 1 unspecified atom stereocenters. The zero-order valence-corrected chi connectivity index (χ0v) is 10.3. The summed E-state index contributed by atoms with van der Waals surface area (Å²) in [6.45, 7) is 1.06. The van der Waals surface area contributed by atoms with Crippen molar-refractivity contribution in [1.82, 2.24) is 5.32 Å². The van der Waals surface area contributed by atoms with E-state index in [0.29, 0.717) is 6.04 Å². The maximum Gasteiger partial charge on any atom is 0.169 e. The van der Waals surface area contributed by atoms with Crippen LogP contribution in [0.15, 0.2) is 15.2 Å². The van der Waals surface area contributed by atoms with Crippen LogP contribution in [0.5, 0.6) is 0 Å². The number of hydrogen-bond donors (Lipinski definition) is 1. The van der Waals surface area contributed by atoms with Crippen molar-refractivity contribution in [2.45, 2.75) is 38.1 Å². The molecule has 1 aliphatic carbocycles. The number of nitrogens with one attached hydrogen (secondary N) is 1. The summed E-state index contributed by atoms with van der Waals surface area (Å²) in [6.07, 6.45) is 6.58. The Labute approximate surface area is 98.6 Å². The standard InChI is InChI=1S/C12H16BrNO/c13-11-7-9-10(15-11)5-6-14-12(9)8-3-1-2-4-8/h7-8,12,14H,1-6H2. The quantitative estimate of drug-likeness (QED) is 0.845. The van der Waals surface area contributed by atoms with Gasteiger partial charge in [-0.2, -0.15) is 0 Å². The minimum atomic E-state index is 0.547. The van der Waals surface area contributed by atoms with E-state index >= 15 is 0 Å². The highest BCUT2D eigenvalue weighted by molar-refractivity contribution is 9.10. The van der Waals surface area contributed by atoms with Crippen LogP contribution in [0.2, 0.25) is 0 Å². The molecule has 0 saturated heterocycles. The number of hydrogen-bond acceptors (Lipinski definition) is 2. The van der Waals surface area contributed by atoms with Gasteiger partial charge in [-0.05, 0) is 40.8 Å². The Morgan fingerprint density at radius 3 is 2.93 bits per heavy atom. The molecule has 2 aliphatic rings. The van der Waals surface area contributed by atoms with Crippen molar-refractivity contribution >= 4 is 15.9 Å². The third-order valence-corrected chi connectivity index (χ3v) is 4.13. The Morgan fingerprint density at radius 1 is 1.33 bits per heavy atom. The molecule has 1 aliphatic heterocycles. The first-order chi connectivity index (χ1) is 7.34. The Kier molecular flexibility index (Phi) is 2.61. The molecular weight excluding hydrogens is 254 g/mol. The van der Waals surface area contributed by atoms with Gasteiger partial charge in [-0.1, -0.05) is 12.8 Å². The van der Waals surface area contributed by atoms with Gasteiger partial charge < -0.3 is 9.73 Å². The molecule has 3 rings (SSSR count). The van der Waals surface area contributed by atoms with Crippen molar-refractivity contribution in [2.24, 2.45) is 5.92 Å². The maximum atomic E-state index is 5.67. The Balaban J connectivity index is 1.90. The van der Waals surface area contributed by atoms with E-state index < -0.39 is 0 Å². The van der Waals surface area contributed by atoms with Gasteiger partial charge in [-0.15, -0.1) is 0 Å². The van der Waals surface area contributed by atoms with E-state index in [1.165, 1.54) is 37.0 Å². The summed E-state index contributed by atoms with van der Waals surface area (Å²) in [6, 6.07) is 2.70. The van der Waals surface area contributed by atoms with Crippen molar-refractivity contribution in [3.05, 3.63) is 22.1 Å². The highest BCUT2D eigenvalue weighted by atomic mass is 79.9. The van der Waals surface area contributed by atoms with Crippen LogP contribution in [0.4, 0.5) is 0 Å². The van der Waals surface area contributed by atoms with Gasteiger partial charge in [0.1, 0.15) is 5.76 Å². The predicted molar refractivity (Wildman–Crippen MR) is 62.8 cm³/mol. The Bertz CT molecular complexity index is 355. The second kappa shape index (κ2) is 3.95. The van der Waals surface area contributed by atoms with Crippen LogP contribution in [0.3, 0.4) is 0 Å². The number of halogens is 1. The summed E-state index contributed by atoms with van der Waals surface area (Å²) in [5.74, 6) is 2.02. The van der Waals surface area contributed by atoms with Gasteiger partial charge in [0.05, 0.1) is 0 Å². The minimum absolute atomic E-state index is 0.547. The summed E-state index contributed by atoms with van der Waals surface area (Å²) >= 11 is 3.43. The van der Waals surface area contributed by atoms with Crippen molar-refractivity contribution in [2.75, 3.05) is 6.54 Å². The van der Waals surface area contributed by atoms with E-state index in [-0.39, 0.29) is 0 Å². The summed E-state index contributed by atoms with van der Waals surface area (Å²) < 4.78 is 6.56. The summed E-state index contributed by atoms with van der Waals surface area (Å²) in [5.41, 5.74) is 1.40. The Morgan fingerprint density at radius 2 is 2.13 bits per heavy atom. The van der Waals surface area contributed by atoms with E-state index in [9.17, 15) is 0 Å². The maximum absolute atomic E-state index is 5.67.